The van der Waals surface area contributed by atoms with Gasteiger partial charge in [0.15, 0.2) is 11.1 Å². The van der Waals surface area contributed by atoms with E-state index in [1.807, 2.05) is 0 Å². The third-order valence-corrected chi connectivity index (χ3v) is 1.57. The van der Waals surface area contributed by atoms with Crippen molar-refractivity contribution >= 4 is 11.1 Å². The third kappa shape index (κ3) is 1.46. The molecule has 0 fully saturated rings. The average Bonchev–Trinajstić information content (AvgIpc) is 2.47. The molecule has 74 valence electrons. The Morgan fingerprint density at radius 3 is 2.86 bits per heavy atom. The number of aromatic hydroxyl groups is 1. The molecule has 0 amide bonds. The number of benzene rings is 1. The maximum atomic E-state index is 11.8. The number of oxazole rings is 1. The molecule has 6 heteroatoms. The zero-order chi connectivity index (χ0) is 10.1. The predicted molar refractivity (Wildman–Crippen MR) is 42.3 cm³/mol. The van der Waals surface area contributed by atoms with Gasteiger partial charge < -0.3 is 14.3 Å². The van der Waals surface area contributed by atoms with Crippen molar-refractivity contribution in [3.63, 3.8) is 0 Å². The lowest BCUT2D eigenvalue weighted by atomic mass is 10.3. The Kier molecular flexibility index (Phi) is 1.95. The molecule has 1 heterocycles. The second-order valence-corrected chi connectivity index (χ2v) is 2.48. The van der Waals surface area contributed by atoms with Crippen molar-refractivity contribution in [2.24, 2.45) is 0 Å². The van der Waals surface area contributed by atoms with Gasteiger partial charge >= 0.3 is 12.7 Å². The Labute approximate surface area is 76.7 Å². The molecule has 2 rings (SSSR count). The summed E-state index contributed by atoms with van der Waals surface area (Å²) in [6, 6.07) is 4.37. The Morgan fingerprint density at radius 1 is 1.43 bits per heavy atom. The Balaban J connectivity index is 2.46. The van der Waals surface area contributed by atoms with Crippen LogP contribution in [0.1, 0.15) is 0 Å². The van der Waals surface area contributed by atoms with Gasteiger partial charge in [-0.05, 0) is 12.1 Å². The van der Waals surface area contributed by atoms with E-state index in [9.17, 15) is 13.9 Å². The van der Waals surface area contributed by atoms with E-state index >= 15 is 0 Å². The molecule has 14 heavy (non-hydrogen) atoms. The number of alkyl halides is 2. The van der Waals surface area contributed by atoms with Gasteiger partial charge in [0.2, 0.25) is 0 Å². The van der Waals surface area contributed by atoms with Gasteiger partial charge in [0.1, 0.15) is 5.75 Å². The summed E-state index contributed by atoms with van der Waals surface area (Å²) in [6.07, 6.45) is -0.559. The number of hydrogen-bond donors (Lipinski definition) is 1. The maximum Gasteiger partial charge on any atom is 0.399 e. The number of rotatable bonds is 2. The summed E-state index contributed by atoms with van der Waals surface area (Å²) in [7, 11) is 0. The molecule has 0 aliphatic rings. The smallest absolute Gasteiger partial charge is 0.399 e. The van der Waals surface area contributed by atoms with E-state index in [4.69, 9.17) is 4.42 Å². The van der Waals surface area contributed by atoms with E-state index in [1.165, 1.54) is 18.2 Å². The minimum atomic E-state index is -3.00. The summed E-state index contributed by atoms with van der Waals surface area (Å²) in [5.74, 6) is -0.143. The van der Waals surface area contributed by atoms with Crippen LogP contribution < -0.4 is 4.74 Å². The highest BCUT2D eigenvalue weighted by molar-refractivity contribution is 5.79. The van der Waals surface area contributed by atoms with Crippen LogP contribution in [0.2, 0.25) is 0 Å². The van der Waals surface area contributed by atoms with Gasteiger partial charge in [-0.3, -0.25) is 0 Å². The predicted octanol–water partition coefficient (Wildman–Crippen LogP) is 2.13. The van der Waals surface area contributed by atoms with E-state index in [2.05, 4.69) is 9.72 Å². The molecular weight excluding hydrogens is 196 g/mol. The number of hydrogen-bond acceptors (Lipinski definition) is 4. The molecule has 0 saturated heterocycles. The summed E-state index contributed by atoms with van der Waals surface area (Å²) < 4.78 is 32.2. The lowest BCUT2D eigenvalue weighted by molar-refractivity contribution is -0.0664. The first kappa shape index (κ1) is 8.74. The van der Waals surface area contributed by atoms with Crippen LogP contribution in [-0.2, 0) is 0 Å². The van der Waals surface area contributed by atoms with Crippen molar-refractivity contribution in [2.45, 2.75) is 6.61 Å². The van der Waals surface area contributed by atoms with Crippen LogP contribution in [0.15, 0.2) is 22.6 Å². The first-order valence-electron chi connectivity index (χ1n) is 3.70. The van der Waals surface area contributed by atoms with E-state index in [1.54, 1.807) is 0 Å². The number of nitrogens with zero attached hydrogens (tertiary/aromatic N) is 1. The number of aromatic nitrogens is 1. The molecule has 0 aliphatic carbocycles. The second kappa shape index (κ2) is 3.13. The Bertz CT molecular complexity index is 455. The average molecular weight is 201 g/mol. The molecule has 0 atom stereocenters. The van der Waals surface area contributed by atoms with Crippen LogP contribution in [0.5, 0.6) is 11.8 Å². The summed E-state index contributed by atoms with van der Waals surface area (Å²) in [5.41, 5.74) is 0.295. The quantitative estimate of drug-likeness (QED) is 0.808. The van der Waals surface area contributed by atoms with Crippen LogP contribution in [0, 0.1) is 0 Å². The van der Waals surface area contributed by atoms with E-state index in [0.717, 1.165) is 0 Å². The molecule has 0 radical (unpaired) electrons. The molecule has 0 unspecified atom stereocenters. The van der Waals surface area contributed by atoms with Crippen molar-refractivity contribution in [3.05, 3.63) is 18.2 Å². The van der Waals surface area contributed by atoms with E-state index < -0.39 is 12.7 Å². The van der Waals surface area contributed by atoms with Gasteiger partial charge in [-0.1, -0.05) is 6.07 Å². The lowest BCUT2D eigenvalue weighted by Gasteiger charge is -1.94. The molecule has 1 aromatic carbocycles. The highest BCUT2D eigenvalue weighted by Crippen LogP contribution is 2.27. The molecular formula is C8H5F2NO3. The zero-order valence-corrected chi connectivity index (χ0v) is 6.78. The van der Waals surface area contributed by atoms with Crippen molar-refractivity contribution in [1.82, 2.24) is 4.98 Å². The second-order valence-electron chi connectivity index (χ2n) is 2.48. The monoisotopic (exact) mass is 201 g/mol. The highest BCUT2D eigenvalue weighted by atomic mass is 19.3. The van der Waals surface area contributed by atoms with Crippen molar-refractivity contribution in [3.8, 4) is 11.8 Å². The van der Waals surface area contributed by atoms with Crippen LogP contribution in [0.4, 0.5) is 8.78 Å². The number of phenols is 1. The summed E-state index contributed by atoms with van der Waals surface area (Å²) in [4.78, 5) is 3.53. The standard InChI is InChI=1S/C8H5F2NO3/c9-7(10)14-8-11-6-4(12)2-1-3-5(6)13-8/h1-3,7,12H. The van der Waals surface area contributed by atoms with Gasteiger partial charge in [0.05, 0.1) is 0 Å². The fourth-order valence-electron chi connectivity index (χ4n) is 1.04. The molecule has 0 bridgehead atoms. The first-order chi connectivity index (χ1) is 6.66. The number of ether oxygens (including phenoxy) is 1. The topological polar surface area (TPSA) is 55.5 Å². The largest absolute Gasteiger partial charge is 0.506 e. The number of phenolic OH excluding ortho intramolecular Hbond substituents is 1. The molecule has 1 aromatic heterocycles. The number of fused-ring (bicyclic) bond motifs is 1. The van der Waals surface area contributed by atoms with Crippen LogP contribution in [-0.4, -0.2) is 16.7 Å². The fourth-order valence-corrected chi connectivity index (χ4v) is 1.04. The number of para-hydroxylation sites is 1. The number of halogens is 2. The minimum Gasteiger partial charge on any atom is -0.506 e. The zero-order valence-electron chi connectivity index (χ0n) is 6.78. The minimum absolute atomic E-state index is 0.100. The summed E-state index contributed by atoms with van der Waals surface area (Å²) in [5, 5.41) is 9.25. The van der Waals surface area contributed by atoms with Crippen LogP contribution in [0.3, 0.4) is 0 Å². The third-order valence-electron chi connectivity index (χ3n) is 1.57. The Hall–Kier alpha value is -1.85. The molecule has 0 saturated carbocycles. The lowest BCUT2D eigenvalue weighted by Crippen LogP contribution is -2.01. The van der Waals surface area contributed by atoms with Crippen molar-refractivity contribution < 1.29 is 23.0 Å². The van der Waals surface area contributed by atoms with Gasteiger partial charge in [-0.25, -0.2) is 0 Å². The molecule has 2 aromatic rings. The van der Waals surface area contributed by atoms with Crippen LogP contribution in [0.25, 0.3) is 11.1 Å². The molecule has 0 spiro atoms. The molecule has 4 nitrogen and oxygen atoms in total. The van der Waals surface area contributed by atoms with Crippen LogP contribution >= 0.6 is 0 Å². The highest BCUT2D eigenvalue weighted by Gasteiger charge is 2.13. The van der Waals surface area contributed by atoms with E-state index in [-0.39, 0.29) is 16.8 Å². The van der Waals surface area contributed by atoms with Crippen molar-refractivity contribution in [2.75, 3.05) is 0 Å². The SMILES string of the molecule is Oc1cccc2oc(OC(F)F)nc12. The molecule has 1 N–H and O–H groups in total. The normalized spacial score (nSPS) is 11.1. The van der Waals surface area contributed by atoms with Gasteiger partial charge in [0.25, 0.3) is 0 Å². The first-order valence-corrected chi connectivity index (χ1v) is 3.70. The van der Waals surface area contributed by atoms with Gasteiger partial charge in [-0.2, -0.15) is 13.8 Å². The molecule has 0 aliphatic heterocycles. The van der Waals surface area contributed by atoms with Crippen molar-refractivity contribution in [1.29, 1.82) is 0 Å². The Morgan fingerprint density at radius 2 is 2.21 bits per heavy atom. The summed E-state index contributed by atoms with van der Waals surface area (Å²) >= 11 is 0. The van der Waals surface area contributed by atoms with Gasteiger partial charge in [-0.15, -0.1) is 0 Å². The van der Waals surface area contributed by atoms with E-state index in [0.29, 0.717) is 0 Å². The summed E-state index contributed by atoms with van der Waals surface area (Å²) in [6.45, 7) is -3.00. The van der Waals surface area contributed by atoms with Gasteiger partial charge in [0, 0.05) is 0 Å². The maximum absolute atomic E-state index is 11.8. The fraction of sp³-hybridized carbons (Fsp3) is 0.125.